The van der Waals surface area contributed by atoms with E-state index in [0.29, 0.717) is 25.1 Å². The summed E-state index contributed by atoms with van der Waals surface area (Å²) >= 11 is 0. The van der Waals surface area contributed by atoms with Gasteiger partial charge in [0.15, 0.2) is 0 Å². The minimum absolute atomic E-state index is 0.00844. The molecule has 4 aromatic rings. The molecule has 0 fully saturated rings. The SMILES string of the molecule is CCCC(=O)OC[C@H](O)CN[C@H](CO)[C@@H](OCc1ccccc1)[C@H](Cc1cc(F)cc(F)c1)N(Cc1ccccc1)Cc1ccccc1. The van der Waals surface area contributed by atoms with Gasteiger partial charge in [0.2, 0.25) is 0 Å². The second kappa shape index (κ2) is 19.7. The maximum atomic E-state index is 14.6. The van der Waals surface area contributed by atoms with Crippen LogP contribution in [0.4, 0.5) is 8.78 Å². The van der Waals surface area contributed by atoms with Crippen molar-refractivity contribution in [3.63, 3.8) is 0 Å². The number of hydrogen-bond acceptors (Lipinski definition) is 7. The maximum absolute atomic E-state index is 14.6. The fraction of sp³-hybridized carbons (Fsp3) is 0.359. The Bertz CT molecular complexity index is 1430. The lowest BCUT2D eigenvalue weighted by Crippen LogP contribution is -2.57. The predicted molar refractivity (Wildman–Crippen MR) is 182 cm³/mol. The van der Waals surface area contributed by atoms with Gasteiger partial charge in [-0.15, -0.1) is 0 Å². The first-order chi connectivity index (χ1) is 23.3. The molecule has 0 aromatic heterocycles. The van der Waals surface area contributed by atoms with E-state index >= 15 is 0 Å². The summed E-state index contributed by atoms with van der Waals surface area (Å²) in [7, 11) is 0. The van der Waals surface area contributed by atoms with Crippen LogP contribution in [0.15, 0.2) is 109 Å². The third-order valence-electron chi connectivity index (χ3n) is 8.06. The zero-order valence-corrected chi connectivity index (χ0v) is 27.4. The number of aliphatic hydroxyl groups excluding tert-OH is 2. The van der Waals surface area contributed by atoms with E-state index in [9.17, 15) is 23.8 Å². The van der Waals surface area contributed by atoms with E-state index in [1.54, 1.807) is 0 Å². The van der Waals surface area contributed by atoms with Crippen LogP contribution in [0.2, 0.25) is 0 Å². The fourth-order valence-corrected chi connectivity index (χ4v) is 5.71. The third-order valence-corrected chi connectivity index (χ3v) is 8.06. The molecule has 4 atom stereocenters. The van der Waals surface area contributed by atoms with Crippen molar-refractivity contribution in [3.05, 3.63) is 143 Å². The standard InChI is InChI=1S/C39H46F2N2O5/c1-2-12-38(46)47-28-35(45)23-42-36(26-44)39(48-27-31-17-10-5-11-18-31)37(21-32-19-33(40)22-34(41)20-32)43(24-29-13-6-3-7-14-29)25-30-15-8-4-9-16-30/h3-11,13-20,22,35-37,39,42,44-45H,2,12,21,23-28H2,1H3/t35-,36-,37+,39-/m1/s1. The zero-order chi connectivity index (χ0) is 34.1. The van der Waals surface area contributed by atoms with Crippen molar-refractivity contribution in [3.8, 4) is 0 Å². The molecule has 0 aliphatic heterocycles. The number of benzene rings is 4. The number of ether oxygens (including phenoxy) is 2. The summed E-state index contributed by atoms with van der Waals surface area (Å²) < 4.78 is 41.0. The molecule has 0 heterocycles. The van der Waals surface area contributed by atoms with Crippen LogP contribution in [0.1, 0.15) is 42.0 Å². The number of hydrogen-bond donors (Lipinski definition) is 3. The summed E-state index contributed by atoms with van der Waals surface area (Å²) in [4.78, 5) is 14.1. The van der Waals surface area contributed by atoms with Crippen LogP contribution >= 0.6 is 0 Å². The lowest BCUT2D eigenvalue weighted by Gasteiger charge is -2.41. The lowest BCUT2D eigenvalue weighted by atomic mass is 9.93. The monoisotopic (exact) mass is 660 g/mol. The van der Waals surface area contributed by atoms with Crippen LogP contribution in [-0.4, -0.2) is 65.1 Å². The summed E-state index contributed by atoms with van der Waals surface area (Å²) in [6, 6.07) is 31.7. The number of esters is 1. The van der Waals surface area contributed by atoms with Crippen LogP contribution < -0.4 is 5.32 Å². The highest BCUT2D eigenvalue weighted by molar-refractivity contribution is 5.69. The molecule has 3 N–H and O–H groups in total. The van der Waals surface area contributed by atoms with Crippen LogP contribution in [0.3, 0.4) is 0 Å². The highest BCUT2D eigenvalue weighted by atomic mass is 19.1. The number of nitrogens with zero attached hydrogens (tertiary/aromatic N) is 1. The van der Waals surface area contributed by atoms with Gasteiger partial charge in [-0.1, -0.05) is 97.9 Å². The molecule has 9 heteroatoms. The third kappa shape index (κ3) is 12.2. The van der Waals surface area contributed by atoms with Crippen molar-refractivity contribution >= 4 is 5.97 Å². The molecule has 0 amide bonds. The number of carbonyl (C=O) groups excluding carboxylic acids is 1. The van der Waals surface area contributed by atoms with E-state index < -0.39 is 35.9 Å². The summed E-state index contributed by atoms with van der Waals surface area (Å²) in [6.45, 7) is 2.50. The Kier molecular flexibility index (Phi) is 15.2. The minimum Gasteiger partial charge on any atom is -0.463 e. The molecular weight excluding hydrogens is 614 g/mol. The summed E-state index contributed by atoms with van der Waals surface area (Å²) in [5.74, 6) is -1.75. The van der Waals surface area contributed by atoms with Crippen molar-refractivity contribution in [2.45, 2.75) is 70.2 Å². The molecule has 0 aliphatic carbocycles. The van der Waals surface area contributed by atoms with Crippen molar-refractivity contribution in [1.82, 2.24) is 10.2 Å². The average Bonchev–Trinajstić information content (AvgIpc) is 3.09. The van der Waals surface area contributed by atoms with Crippen molar-refractivity contribution in [2.75, 3.05) is 19.8 Å². The minimum atomic E-state index is -1.03. The first kappa shape index (κ1) is 36.8. The quantitative estimate of drug-likeness (QED) is 0.103. The number of carbonyl (C=O) groups is 1. The van der Waals surface area contributed by atoms with Crippen LogP contribution in [0.25, 0.3) is 0 Å². The molecule has 0 saturated carbocycles. The first-order valence-electron chi connectivity index (χ1n) is 16.4. The smallest absolute Gasteiger partial charge is 0.305 e. The average molecular weight is 661 g/mol. The van der Waals surface area contributed by atoms with Gasteiger partial charge < -0.3 is 25.0 Å². The van der Waals surface area contributed by atoms with Crippen LogP contribution in [0, 0.1) is 11.6 Å². The van der Waals surface area contributed by atoms with Crippen molar-refractivity contribution < 1.29 is 33.3 Å². The van der Waals surface area contributed by atoms with Gasteiger partial charge >= 0.3 is 5.97 Å². The number of halogens is 2. The topological polar surface area (TPSA) is 91.3 Å². The van der Waals surface area contributed by atoms with Crippen LogP contribution in [-0.2, 0) is 40.4 Å². The zero-order valence-electron chi connectivity index (χ0n) is 27.4. The Balaban J connectivity index is 1.72. The molecule has 0 aliphatic rings. The maximum Gasteiger partial charge on any atom is 0.305 e. The summed E-state index contributed by atoms with van der Waals surface area (Å²) in [6.07, 6.45) is -0.669. The Hall–Kier alpha value is -3.99. The Labute approximate surface area is 282 Å². The highest BCUT2D eigenvalue weighted by Gasteiger charge is 2.35. The van der Waals surface area contributed by atoms with Gasteiger partial charge in [0.05, 0.1) is 25.4 Å². The summed E-state index contributed by atoms with van der Waals surface area (Å²) in [5.41, 5.74) is 3.42. The van der Waals surface area contributed by atoms with Gasteiger partial charge in [-0.3, -0.25) is 9.69 Å². The molecule has 48 heavy (non-hydrogen) atoms. The van der Waals surface area contributed by atoms with Crippen molar-refractivity contribution in [1.29, 1.82) is 0 Å². The lowest BCUT2D eigenvalue weighted by molar-refractivity contribution is -0.146. The highest BCUT2D eigenvalue weighted by Crippen LogP contribution is 2.25. The summed E-state index contributed by atoms with van der Waals surface area (Å²) in [5, 5.41) is 24.7. The second-order valence-electron chi connectivity index (χ2n) is 12.0. The number of aliphatic hydroxyl groups is 2. The Morgan fingerprint density at radius 2 is 1.35 bits per heavy atom. The molecule has 0 spiro atoms. The molecule has 4 rings (SSSR count). The van der Waals surface area contributed by atoms with Gasteiger partial charge in [0, 0.05) is 38.2 Å². The molecule has 256 valence electrons. The van der Waals surface area contributed by atoms with E-state index in [1.165, 1.54) is 12.1 Å². The van der Waals surface area contributed by atoms with E-state index in [0.717, 1.165) is 22.8 Å². The van der Waals surface area contributed by atoms with Gasteiger partial charge in [-0.25, -0.2) is 8.78 Å². The van der Waals surface area contributed by atoms with Gasteiger partial charge in [-0.2, -0.15) is 0 Å². The van der Waals surface area contributed by atoms with Crippen LogP contribution in [0.5, 0.6) is 0 Å². The fourth-order valence-electron chi connectivity index (χ4n) is 5.71. The van der Waals surface area contributed by atoms with Gasteiger partial charge in [0.25, 0.3) is 0 Å². The second-order valence-corrected chi connectivity index (χ2v) is 12.0. The number of nitrogens with one attached hydrogen (secondary N) is 1. The van der Waals surface area contributed by atoms with E-state index in [4.69, 9.17) is 9.47 Å². The van der Waals surface area contributed by atoms with E-state index in [1.807, 2.05) is 97.9 Å². The van der Waals surface area contributed by atoms with Gasteiger partial charge in [-0.05, 0) is 47.2 Å². The van der Waals surface area contributed by atoms with E-state index in [-0.39, 0.29) is 45.2 Å². The molecule has 0 saturated heterocycles. The molecule has 0 radical (unpaired) electrons. The molecule has 4 aromatic carbocycles. The molecular formula is C39H46F2N2O5. The Morgan fingerprint density at radius 1 is 0.812 bits per heavy atom. The first-order valence-corrected chi connectivity index (χ1v) is 16.4. The normalized spacial score (nSPS) is 14.0. The molecule has 7 nitrogen and oxygen atoms in total. The van der Waals surface area contributed by atoms with E-state index in [2.05, 4.69) is 10.2 Å². The molecule has 0 bridgehead atoms. The number of rotatable bonds is 20. The largest absolute Gasteiger partial charge is 0.463 e. The van der Waals surface area contributed by atoms with Crippen molar-refractivity contribution in [2.24, 2.45) is 0 Å². The Morgan fingerprint density at radius 3 is 1.88 bits per heavy atom. The molecule has 0 unspecified atom stereocenters. The predicted octanol–water partition coefficient (Wildman–Crippen LogP) is 5.82. The van der Waals surface area contributed by atoms with Gasteiger partial charge in [0.1, 0.15) is 24.3 Å².